The fourth-order valence-corrected chi connectivity index (χ4v) is 8.52. The molecule has 6 N–H and O–H groups in total. The monoisotopic (exact) mass is 792 g/mol. The lowest BCUT2D eigenvalue weighted by Crippen LogP contribution is -2.43. The van der Waals surface area contributed by atoms with Crippen molar-refractivity contribution >= 4 is 39.4 Å². The van der Waals surface area contributed by atoms with Gasteiger partial charge in [0.1, 0.15) is 18.7 Å². The SMILES string of the molecule is COC(=O)C(N)Cc1ccc(NS(=O)(=O)c2c(C)cc(C)cc2C)cc1.COC(=O)[C@@H](Cc1ccc(N)cc1)NC(=O)OCC1c2ccccc2-c2ccccc21. The Morgan fingerprint density at radius 2 is 1.23 bits per heavy atom. The standard InChI is InChI=1S/C25H24N2O4.C19H24N2O4S/c1-30-24(28)23(14-16-10-12-17(26)13-11-16)27-25(29)31-15-22-20-8-4-2-6-18(20)19-7-3-5-9-21(19)22;1-12-9-13(2)18(14(3)10-12)26(23,24)21-16-7-5-15(6-8-16)11-17(20)19(22)25-4/h2-13,22-23H,14-15,26H2,1H3,(H,27,29);5-10,17,21H,11,20H2,1-4H3/t23-;/m1./s1. The van der Waals surface area contributed by atoms with Crippen LogP contribution in [0.5, 0.6) is 0 Å². The van der Waals surface area contributed by atoms with E-state index < -0.39 is 40.1 Å². The van der Waals surface area contributed by atoms with Crippen LogP contribution in [0.25, 0.3) is 11.1 Å². The van der Waals surface area contributed by atoms with E-state index in [0.717, 1.165) is 38.9 Å². The molecule has 0 spiro atoms. The molecule has 13 heteroatoms. The van der Waals surface area contributed by atoms with Gasteiger partial charge in [-0.15, -0.1) is 0 Å². The first-order valence-electron chi connectivity index (χ1n) is 18.3. The minimum absolute atomic E-state index is 0.0492. The number of aryl methyl sites for hydroxylation is 3. The van der Waals surface area contributed by atoms with E-state index in [1.165, 1.54) is 14.2 Å². The summed E-state index contributed by atoms with van der Waals surface area (Å²) in [6, 6.07) is 32.2. The summed E-state index contributed by atoms with van der Waals surface area (Å²) in [5.41, 5.74) is 21.2. The summed E-state index contributed by atoms with van der Waals surface area (Å²) < 4.78 is 43.1. The van der Waals surface area contributed by atoms with Gasteiger partial charge < -0.3 is 31.0 Å². The van der Waals surface area contributed by atoms with Gasteiger partial charge >= 0.3 is 18.0 Å². The molecule has 0 radical (unpaired) electrons. The molecule has 0 saturated heterocycles. The zero-order valence-electron chi connectivity index (χ0n) is 32.6. The summed E-state index contributed by atoms with van der Waals surface area (Å²) in [4.78, 5) is 36.4. The van der Waals surface area contributed by atoms with Crippen LogP contribution in [0.1, 0.15) is 44.9 Å². The van der Waals surface area contributed by atoms with Crippen molar-refractivity contribution in [1.82, 2.24) is 5.32 Å². The first-order valence-corrected chi connectivity index (χ1v) is 19.8. The summed E-state index contributed by atoms with van der Waals surface area (Å²) in [6.45, 7) is 5.68. The van der Waals surface area contributed by atoms with Gasteiger partial charge in [-0.05, 0) is 96.0 Å². The van der Waals surface area contributed by atoms with Crippen molar-refractivity contribution in [2.24, 2.45) is 5.73 Å². The number of rotatable bonds is 12. The molecule has 0 fully saturated rings. The molecule has 0 aromatic heterocycles. The second-order valence-electron chi connectivity index (χ2n) is 13.9. The van der Waals surface area contributed by atoms with Gasteiger partial charge in [-0.1, -0.05) is 90.5 Å². The maximum absolute atomic E-state index is 12.8. The minimum Gasteiger partial charge on any atom is -0.468 e. The number of carbonyl (C=O) groups is 3. The molecule has 0 heterocycles. The van der Waals surface area contributed by atoms with Crippen molar-refractivity contribution in [3.63, 3.8) is 0 Å². The topological polar surface area (TPSA) is 189 Å². The van der Waals surface area contributed by atoms with Gasteiger partial charge in [-0.3, -0.25) is 9.52 Å². The van der Waals surface area contributed by atoms with E-state index in [4.69, 9.17) is 20.9 Å². The number of hydrogen-bond acceptors (Lipinski definition) is 10. The third-order valence-electron chi connectivity index (χ3n) is 9.58. The van der Waals surface area contributed by atoms with Gasteiger partial charge in [0.15, 0.2) is 0 Å². The Morgan fingerprint density at radius 3 is 1.77 bits per heavy atom. The molecule has 0 saturated carbocycles. The number of sulfonamides is 1. The maximum Gasteiger partial charge on any atom is 0.407 e. The molecule has 2 atom stereocenters. The molecule has 5 aromatic carbocycles. The smallest absolute Gasteiger partial charge is 0.407 e. The van der Waals surface area contributed by atoms with Gasteiger partial charge in [0.2, 0.25) is 0 Å². The van der Waals surface area contributed by atoms with E-state index in [0.29, 0.717) is 33.8 Å². The number of esters is 2. The first kappa shape index (κ1) is 42.0. The number of fused-ring (bicyclic) bond motifs is 3. The van der Waals surface area contributed by atoms with Crippen molar-refractivity contribution in [2.75, 3.05) is 31.3 Å². The molecule has 12 nitrogen and oxygen atoms in total. The van der Waals surface area contributed by atoms with Gasteiger partial charge in [-0.25, -0.2) is 18.0 Å². The van der Waals surface area contributed by atoms with E-state index in [1.807, 2.05) is 55.5 Å². The summed E-state index contributed by atoms with van der Waals surface area (Å²) in [6.07, 6.45) is -0.0692. The number of nitrogen functional groups attached to an aromatic ring is 1. The summed E-state index contributed by atoms with van der Waals surface area (Å²) in [5.74, 6) is -1.07. The Hall–Kier alpha value is -6.18. The van der Waals surface area contributed by atoms with Crippen LogP contribution in [0.15, 0.2) is 114 Å². The third kappa shape index (κ3) is 10.6. The predicted octanol–water partition coefficient (Wildman–Crippen LogP) is 6.35. The van der Waals surface area contributed by atoms with Crippen molar-refractivity contribution in [1.29, 1.82) is 0 Å². The maximum atomic E-state index is 12.8. The number of anilines is 2. The van der Waals surface area contributed by atoms with E-state index in [2.05, 4.69) is 39.0 Å². The average molecular weight is 793 g/mol. The summed E-state index contributed by atoms with van der Waals surface area (Å²) in [5, 5.41) is 2.64. The Balaban J connectivity index is 0.000000221. The highest BCUT2D eigenvalue weighted by molar-refractivity contribution is 7.92. The Bertz CT molecular complexity index is 2260. The molecular weight excluding hydrogens is 745 g/mol. The van der Waals surface area contributed by atoms with E-state index >= 15 is 0 Å². The molecule has 5 aromatic rings. The van der Waals surface area contributed by atoms with Crippen molar-refractivity contribution in [3.8, 4) is 11.1 Å². The van der Waals surface area contributed by atoms with Gasteiger partial charge in [-0.2, -0.15) is 0 Å². The Morgan fingerprint density at radius 1 is 0.719 bits per heavy atom. The number of nitrogens with one attached hydrogen (secondary N) is 2. The molecule has 6 rings (SSSR count). The number of nitrogens with two attached hydrogens (primary N) is 2. The number of benzene rings is 5. The lowest BCUT2D eigenvalue weighted by molar-refractivity contribution is -0.143. The molecule has 1 aliphatic carbocycles. The van der Waals surface area contributed by atoms with Crippen LogP contribution in [0.2, 0.25) is 0 Å². The lowest BCUT2D eigenvalue weighted by atomic mass is 9.98. The normalized spacial score (nSPS) is 12.8. The van der Waals surface area contributed by atoms with Crippen molar-refractivity contribution in [2.45, 2.75) is 56.5 Å². The zero-order valence-corrected chi connectivity index (χ0v) is 33.4. The second-order valence-corrected chi connectivity index (χ2v) is 15.5. The summed E-state index contributed by atoms with van der Waals surface area (Å²) >= 11 is 0. The number of hydrogen-bond donors (Lipinski definition) is 4. The fourth-order valence-electron chi connectivity index (χ4n) is 7.00. The molecule has 57 heavy (non-hydrogen) atoms. The highest BCUT2D eigenvalue weighted by Gasteiger charge is 2.30. The number of ether oxygens (including phenoxy) is 3. The van der Waals surface area contributed by atoms with Crippen LogP contribution >= 0.6 is 0 Å². The van der Waals surface area contributed by atoms with Crippen LogP contribution in [-0.4, -0.2) is 59.4 Å². The van der Waals surface area contributed by atoms with Crippen LogP contribution in [-0.2, 0) is 46.7 Å². The third-order valence-corrected chi connectivity index (χ3v) is 11.3. The molecule has 0 aliphatic heterocycles. The molecular formula is C44H48N4O8S. The molecule has 298 valence electrons. The molecule has 1 unspecified atom stereocenters. The van der Waals surface area contributed by atoms with Crippen LogP contribution in [0, 0.1) is 20.8 Å². The largest absolute Gasteiger partial charge is 0.468 e. The van der Waals surface area contributed by atoms with Crippen LogP contribution in [0.3, 0.4) is 0 Å². The van der Waals surface area contributed by atoms with Crippen LogP contribution < -0.4 is 21.5 Å². The minimum atomic E-state index is -3.69. The zero-order chi connectivity index (χ0) is 41.3. The first-order chi connectivity index (χ1) is 27.2. The highest BCUT2D eigenvalue weighted by atomic mass is 32.2. The van der Waals surface area contributed by atoms with Gasteiger partial charge in [0, 0.05) is 23.7 Å². The van der Waals surface area contributed by atoms with Crippen molar-refractivity contribution in [3.05, 3.63) is 148 Å². The molecule has 0 bridgehead atoms. The lowest BCUT2D eigenvalue weighted by Gasteiger charge is -2.18. The van der Waals surface area contributed by atoms with E-state index in [1.54, 1.807) is 50.2 Å². The summed E-state index contributed by atoms with van der Waals surface area (Å²) in [7, 11) is -1.12. The highest BCUT2D eigenvalue weighted by Crippen LogP contribution is 2.44. The second kappa shape index (κ2) is 18.6. The van der Waals surface area contributed by atoms with E-state index in [-0.39, 0.29) is 18.9 Å². The van der Waals surface area contributed by atoms with Crippen molar-refractivity contribution < 1.29 is 37.0 Å². The number of amides is 1. The van der Waals surface area contributed by atoms with E-state index in [9.17, 15) is 22.8 Å². The Kier molecular flexibility index (Phi) is 13.7. The molecule has 1 amide bonds. The average Bonchev–Trinajstić information content (AvgIpc) is 3.50. The number of alkyl carbamates (subject to hydrolysis) is 1. The number of methoxy groups -OCH3 is 2. The number of carbonyl (C=O) groups excluding carboxylic acids is 3. The fraction of sp³-hybridized carbons (Fsp3) is 0.250. The van der Waals surface area contributed by atoms with Crippen LogP contribution in [0.4, 0.5) is 16.2 Å². The quantitative estimate of drug-likeness (QED) is 0.0630. The Labute approximate surface area is 333 Å². The van der Waals surface area contributed by atoms with Gasteiger partial charge in [0.25, 0.3) is 10.0 Å². The predicted molar refractivity (Wildman–Crippen MR) is 220 cm³/mol. The van der Waals surface area contributed by atoms with Gasteiger partial charge in [0.05, 0.1) is 19.1 Å². The molecule has 1 aliphatic rings.